The lowest BCUT2D eigenvalue weighted by molar-refractivity contribution is 0.358. The largest absolute Gasteiger partial charge is 0.239 e. The van der Waals surface area contributed by atoms with E-state index in [2.05, 4.69) is 0 Å². The predicted molar refractivity (Wildman–Crippen MR) is 116 cm³/mol. The summed E-state index contributed by atoms with van der Waals surface area (Å²) in [7, 11) is -3.29. The van der Waals surface area contributed by atoms with Crippen LogP contribution in [0.1, 0.15) is 18.4 Å². The zero-order valence-electron chi connectivity index (χ0n) is 17.3. The SMILES string of the molecule is CS(=O)(=O)c1ccc(-c2ccc(CN(Sc3c(F)c(F)c(F)c(F)c3F)C3CC3)cc2)cc1. The summed E-state index contributed by atoms with van der Waals surface area (Å²) in [5.74, 6) is -9.77. The summed E-state index contributed by atoms with van der Waals surface area (Å²) < 4.78 is 93.5. The van der Waals surface area contributed by atoms with Crippen LogP contribution in [0.2, 0.25) is 0 Å². The van der Waals surface area contributed by atoms with Gasteiger partial charge in [-0.15, -0.1) is 0 Å². The summed E-state index contributed by atoms with van der Waals surface area (Å²) in [6.45, 7) is 0.238. The van der Waals surface area contributed by atoms with Crippen molar-refractivity contribution in [1.29, 1.82) is 0 Å². The zero-order valence-corrected chi connectivity index (χ0v) is 18.9. The van der Waals surface area contributed by atoms with Crippen molar-refractivity contribution in [3.8, 4) is 11.1 Å². The Morgan fingerprint density at radius 3 is 1.70 bits per heavy atom. The second-order valence-electron chi connectivity index (χ2n) is 7.79. The molecule has 3 aromatic carbocycles. The lowest BCUT2D eigenvalue weighted by Crippen LogP contribution is -2.19. The van der Waals surface area contributed by atoms with Gasteiger partial charge in [-0.25, -0.2) is 34.7 Å². The van der Waals surface area contributed by atoms with Gasteiger partial charge in [-0.1, -0.05) is 36.4 Å². The summed E-state index contributed by atoms with van der Waals surface area (Å²) in [6, 6.07) is 13.6. The van der Waals surface area contributed by atoms with Crippen LogP contribution < -0.4 is 0 Å². The molecular formula is C23H18F5NO2S2. The summed E-state index contributed by atoms with van der Waals surface area (Å²) in [6.07, 6.45) is 2.65. The molecule has 0 saturated heterocycles. The van der Waals surface area contributed by atoms with Gasteiger partial charge in [0.2, 0.25) is 5.82 Å². The molecule has 0 spiro atoms. The van der Waals surface area contributed by atoms with Crippen molar-refractivity contribution in [2.24, 2.45) is 0 Å². The van der Waals surface area contributed by atoms with E-state index in [1.165, 1.54) is 12.1 Å². The van der Waals surface area contributed by atoms with Gasteiger partial charge >= 0.3 is 0 Å². The fourth-order valence-electron chi connectivity index (χ4n) is 3.26. The Kier molecular flexibility index (Phi) is 6.52. The van der Waals surface area contributed by atoms with Crippen LogP contribution in [0.25, 0.3) is 11.1 Å². The van der Waals surface area contributed by atoms with E-state index in [9.17, 15) is 30.4 Å². The fraction of sp³-hybridized carbons (Fsp3) is 0.217. The Hall–Kier alpha value is -2.43. The molecule has 1 aliphatic carbocycles. The third-order valence-electron chi connectivity index (χ3n) is 5.24. The van der Waals surface area contributed by atoms with Gasteiger partial charge in [0.15, 0.2) is 33.1 Å². The summed E-state index contributed by atoms with van der Waals surface area (Å²) in [4.78, 5) is -0.700. The van der Waals surface area contributed by atoms with E-state index in [0.29, 0.717) is 11.9 Å². The normalized spacial score (nSPS) is 14.2. The standard InChI is InChI=1S/C23H18F5NO2S2/c1-33(30,31)17-10-6-15(7-11-17)14-4-2-13(3-5-14)12-29(16-8-9-16)32-23-21(27)19(25)18(24)20(26)22(23)28/h2-7,10-11,16H,8-9,12H2,1H3. The minimum Gasteiger partial charge on any atom is -0.239 e. The molecule has 0 radical (unpaired) electrons. The van der Waals surface area contributed by atoms with Crippen molar-refractivity contribution < 1.29 is 30.4 Å². The van der Waals surface area contributed by atoms with Crippen molar-refractivity contribution in [3.63, 3.8) is 0 Å². The van der Waals surface area contributed by atoms with Gasteiger partial charge in [0.1, 0.15) is 4.90 Å². The minimum absolute atomic E-state index is 0.0341. The molecule has 1 aliphatic rings. The second kappa shape index (κ2) is 9.08. The molecule has 3 nitrogen and oxygen atoms in total. The monoisotopic (exact) mass is 499 g/mol. The number of halogens is 5. The van der Waals surface area contributed by atoms with Gasteiger partial charge in [0.25, 0.3) is 0 Å². The van der Waals surface area contributed by atoms with Crippen LogP contribution in [0.4, 0.5) is 22.0 Å². The molecule has 0 atom stereocenters. The van der Waals surface area contributed by atoms with Crippen LogP contribution in [0, 0.1) is 29.1 Å². The van der Waals surface area contributed by atoms with E-state index in [4.69, 9.17) is 0 Å². The highest BCUT2D eigenvalue weighted by molar-refractivity contribution is 7.97. The molecule has 174 valence electrons. The summed E-state index contributed by atoms with van der Waals surface area (Å²) >= 11 is 0.529. The van der Waals surface area contributed by atoms with Gasteiger partial charge < -0.3 is 0 Å². The summed E-state index contributed by atoms with van der Waals surface area (Å²) in [5, 5.41) is 0. The maximum Gasteiger partial charge on any atom is 0.200 e. The van der Waals surface area contributed by atoms with E-state index in [1.54, 1.807) is 28.6 Å². The van der Waals surface area contributed by atoms with E-state index in [-0.39, 0.29) is 17.5 Å². The molecule has 3 aromatic rings. The molecule has 0 aliphatic heterocycles. The van der Waals surface area contributed by atoms with E-state index < -0.39 is 43.8 Å². The molecule has 0 amide bonds. The smallest absolute Gasteiger partial charge is 0.200 e. The van der Waals surface area contributed by atoms with Crippen molar-refractivity contribution in [2.45, 2.75) is 35.2 Å². The molecule has 33 heavy (non-hydrogen) atoms. The fourth-order valence-corrected chi connectivity index (χ4v) is 5.04. The maximum absolute atomic E-state index is 14.1. The first-order chi connectivity index (χ1) is 15.6. The summed E-state index contributed by atoms with van der Waals surface area (Å²) in [5.41, 5.74) is 2.43. The first kappa shape index (κ1) is 23.7. The topological polar surface area (TPSA) is 37.4 Å². The van der Waals surface area contributed by atoms with E-state index >= 15 is 0 Å². The number of sulfone groups is 1. The van der Waals surface area contributed by atoms with Gasteiger partial charge in [-0.05, 0) is 53.6 Å². The highest BCUT2D eigenvalue weighted by Gasteiger charge is 2.34. The highest BCUT2D eigenvalue weighted by Crippen LogP contribution is 2.40. The highest BCUT2D eigenvalue weighted by atomic mass is 32.2. The third-order valence-corrected chi connectivity index (χ3v) is 7.57. The van der Waals surface area contributed by atoms with Crippen LogP contribution in [0.5, 0.6) is 0 Å². The Labute approximate surface area is 192 Å². The number of nitrogens with zero attached hydrogens (tertiary/aromatic N) is 1. The zero-order chi connectivity index (χ0) is 23.9. The first-order valence-corrected chi connectivity index (χ1v) is 12.6. The predicted octanol–water partition coefficient (Wildman–Crippen LogP) is 6.12. The third kappa shape index (κ3) is 5.07. The van der Waals surface area contributed by atoms with Crippen molar-refractivity contribution in [2.75, 3.05) is 6.26 Å². The number of hydrogen-bond donors (Lipinski definition) is 0. The van der Waals surface area contributed by atoms with E-state index in [1.807, 2.05) is 12.1 Å². The Bertz CT molecular complexity index is 1260. The molecular weight excluding hydrogens is 481 g/mol. The van der Waals surface area contributed by atoms with Crippen LogP contribution >= 0.6 is 11.9 Å². The Morgan fingerprint density at radius 1 is 0.788 bits per heavy atom. The molecule has 1 saturated carbocycles. The lowest BCUT2D eigenvalue weighted by atomic mass is 10.0. The first-order valence-electron chi connectivity index (χ1n) is 9.91. The average Bonchev–Trinajstić information content (AvgIpc) is 3.64. The van der Waals surface area contributed by atoms with Gasteiger partial charge in [-0.3, -0.25) is 0 Å². The van der Waals surface area contributed by atoms with Crippen molar-refractivity contribution in [1.82, 2.24) is 4.31 Å². The molecule has 4 rings (SSSR count). The molecule has 0 N–H and O–H groups in total. The van der Waals surface area contributed by atoms with Gasteiger partial charge in [0, 0.05) is 18.8 Å². The maximum atomic E-state index is 14.1. The molecule has 0 unspecified atom stereocenters. The quantitative estimate of drug-likeness (QED) is 0.170. The van der Waals surface area contributed by atoms with Crippen LogP contribution in [0.3, 0.4) is 0 Å². The van der Waals surface area contributed by atoms with Crippen molar-refractivity contribution >= 4 is 21.8 Å². The molecule has 10 heteroatoms. The number of rotatable bonds is 7. The van der Waals surface area contributed by atoms with Crippen LogP contribution in [-0.2, 0) is 16.4 Å². The van der Waals surface area contributed by atoms with Crippen LogP contribution in [0.15, 0.2) is 58.3 Å². The van der Waals surface area contributed by atoms with Gasteiger partial charge in [0.05, 0.1) is 4.90 Å². The van der Waals surface area contributed by atoms with E-state index in [0.717, 1.165) is 35.8 Å². The molecule has 0 bridgehead atoms. The molecule has 0 heterocycles. The number of benzene rings is 3. The lowest BCUT2D eigenvalue weighted by Gasteiger charge is -2.22. The van der Waals surface area contributed by atoms with Crippen molar-refractivity contribution in [3.05, 3.63) is 83.2 Å². The molecule has 0 aromatic heterocycles. The Morgan fingerprint density at radius 2 is 1.24 bits per heavy atom. The van der Waals surface area contributed by atoms with Gasteiger partial charge in [-0.2, -0.15) is 0 Å². The van der Waals surface area contributed by atoms with Crippen LogP contribution in [-0.4, -0.2) is 25.0 Å². The average molecular weight is 500 g/mol. The number of hydrogen-bond acceptors (Lipinski definition) is 4. The minimum atomic E-state index is -3.29. The second-order valence-corrected chi connectivity index (χ2v) is 10.9. The molecule has 1 fully saturated rings. The Balaban J connectivity index is 1.53.